The Morgan fingerprint density at radius 3 is 2.26 bits per heavy atom. The number of anilines is 2. The zero-order chi connectivity index (χ0) is 16.8. The zero-order valence-electron chi connectivity index (χ0n) is 12.9. The van der Waals surface area contributed by atoms with E-state index >= 15 is 0 Å². The fourth-order valence-electron chi connectivity index (χ4n) is 2.09. The molecule has 0 saturated carbocycles. The van der Waals surface area contributed by atoms with Gasteiger partial charge in [-0.25, -0.2) is 9.18 Å². The molecule has 0 aliphatic rings. The average molecular weight is 315 g/mol. The molecule has 120 valence electrons. The van der Waals surface area contributed by atoms with Gasteiger partial charge in [0.1, 0.15) is 5.82 Å². The monoisotopic (exact) mass is 315 g/mol. The second-order valence-corrected chi connectivity index (χ2v) is 5.10. The van der Waals surface area contributed by atoms with Crippen LogP contribution in [0.1, 0.15) is 11.1 Å². The number of urea groups is 1. The number of hydrogen-bond acceptors (Lipinski definition) is 2. The summed E-state index contributed by atoms with van der Waals surface area (Å²) in [6.45, 7) is 3.51. The van der Waals surface area contributed by atoms with E-state index in [4.69, 9.17) is 0 Å². The first kappa shape index (κ1) is 16.5. The fraction of sp³-hybridized carbons (Fsp3) is 0.176. The molecular weight excluding hydrogens is 297 g/mol. The summed E-state index contributed by atoms with van der Waals surface area (Å²) in [5.41, 5.74) is 2.64. The molecule has 5 nitrogen and oxygen atoms in total. The average Bonchev–Trinajstić information content (AvgIpc) is 2.51. The van der Waals surface area contributed by atoms with Crippen molar-refractivity contribution in [3.63, 3.8) is 0 Å². The van der Waals surface area contributed by atoms with Crippen molar-refractivity contribution < 1.29 is 14.0 Å². The van der Waals surface area contributed by atoms with E-state index in [0.717, 1.165) is 11.1 Å². The predicted octanol–water partition coefficient (Wildman–Crippen LogP) is 3.20. The standard InChI is InChI=1S/C17H18FN3O2/c1-11-6-5-7-12(2)16(11)21-17(23)19-10-15(22)20-14-9-4-3-8-13(14)18/h3-9H,10H2,1-2H3,(H,20,22)(H2,19,21,23). The van der Waals surface area contributed by atoms with Crippen LogP contribution in [0.15, 0.2) is 42.5 Å². The maximum Gasteiger partial charge on any atom is 0.319 e. The summed E-state index contributed by atoms with van der Waals surface area (Å²) in [6.07, 6.45) is 0. The van der Waals surface area contributed by atoms with Crippen molar-refractivity contribution in [1.29, 1.82) is 0 Å². The third kappa shape index (κ3) is 4.54. The number of amides is 3. The molecule has 2 aromatic carbocycles. The molecule has 0 bridgehead atoms. The lowest BCUT2D eigenvalue weighted by atomic mass is 10.1. The van der Waals surface area contributed by atoms with E-state index in [1.54, 1.807) is 6.07 Å². The highest BCUT2D eigenvalue weighted by Crippen LogP contribution is 2.19. The molecule has 2 rings (SSSR count). The van der Waals surface area contributed by atoms with Crippen molar-refractivity contribution in [2.24, 2.45) is 0 Å². The van der Waals surface area contributed by atoms with E-state index in [1.165, 1.54) is 18.2 Å². The fourth-order valence-corrected chi connectivity index (χ4v) is 2.09. The Bertz CT molecular complexity index is 711. The second-order valence-electron chi connectivity index (χ2n) is 5.10. The molecule has 2 aromatic rings. The maximum absolute atomic E-state index is 13.4. The summed E-state index contributed by atoms with van der Waals surface area (Å²) < 4.78 is 13.4. The van der Waals surface area contributed by atoms with Gasteiger partial charge in [-0.05, 0) is 37.1 Å². The first-order valence-electron chi connectivity index (χ1n) is 7.13. The molecule has 23 heavy (non-hydrogen) atoms. The van der Waals surface area contributed by atoms with Crippen LogP contribution >= 0.6 is 0 Å². The molecular formula is C17H18FN3O2. The van der Waals surface area contributed by atoms with Crippen molar-refractivity contribution in [1.82, 2.24) is 5.32 Å². The quantitative estimate of drug-likeness (QED) is 0.811. The van der Waals surface area contributed by atoms with Crippen molar-refractivity contribution >= 4 is 23.3 Å². The van der Waals surface area contributed by atoms with Gasteiger partial charge in [-0.2, -0.15) is 0 Å². The highest BCUT2D eigenvalue weighted by atomic mass is 19.1. The highest BCUT2D eigenvalue weighted by molar-refractivity contribution is 5.97. The molecule has 0 fully saturated rings. The van der Waals surface area contributed by atoms with Crippen LogP contribution in [0.25, 0.3) is 0 Å². The van der Waals surface area contributed by atoms with Crippen LogP contribution in [0, 0.1) is 19.7 Å². The molecule has 0 aromatic heterocycles. The summed E-state index contributed by atoms with van der Waals surface area (Å²) in [7, 11) is 0. The Balaban J connectivity index is 1.87. The topological polar surface area (TPSA) is 70.2 Å². The van der Waals surface area contributed by atoms with Crippen molar-refractivity contribution in [2.75, 3.05) is 17.2 Å². The molecule has 0 heterocycles. The van der Waals surface area contributed by atoms with Gasteiger partial charge in [0.2, 0.25) is 5.91 Å². The normalized spacial score (nSPS) is 10.0. The van der Waals surface area contributed by atoms with Gasteiger partial charge in [0.25, 0.3) is 0 Å². The van der Waals surface area contributed by atoms with E-state index < -0.39 is 17.8 Å². The number of nitrogens with one attached hydrogen (secondary N) is 3. The molecule has 0 unspecified atom stereocenters. The minimum atomic E-state index is -0.527. The largest absolute Gasteiger partial charge is 0.329 e. The Morgan fingerprint density at radius 1 is 0.957 bits per heavy atom. The van der Waals surface area contributed by atoms with E-state index in [9.17, 15) is 14.0 Å². The lowest BCUT2D eigenvalue weighted by Crippen LogP contribution is -2.36. The third-order valence-electron chi connectivity index (χ3n) is 3.28. The van der Waals surface area contributed by atoms with Gasteiger partial charge in [-0.3, -0.25) is 4.79 Å². The molecule has 3 N–H and O–H groups in total. The predicted molar refractivity (Wildman–Crippen MR) is 88.0 cm³/mol. The molecule has 0 atom stereocenters. The Morgan fingerprint density at radius 2 is 1.61 bits per heavy atom. The minimum absolute atomic E-state index is 0.0782. The van der Waals surface area contributed by atoms with Gasteiger partial charge in [-0.15, -0.1) is 0 Å². The number of para-hydroxylation sites is 2. The Hall–Kier alpha value is -2.89. The van der Waals surface area contributed by atoms with Crippen LogP contribution in [0.3, 0.4) is 0 Å². The van der Waals surface area contributed by atoms with Gasteiger partial charge >= 0.3 is 6.03 Å². The maximum atomic E-state index is 13.4. The molecule has 0 aliphatic carbocycles. The summed E-state index contributed by atoms with van der Waals surface area (Å²) in [6, 6.07) is 11.0. The van der Waals surface area contributed by atoms with Gasteiger partial charge < -0.3 is 16.0 Å². The lowest BCUT2D eigenvalue weighted by molar-refractivity contribution is -0.115. The van der Waals surface area contributed by atoms with Crippen LogP contribution < -0.4 is 16.0 Å². The number of rotatable bonds is 4. The van der Waals surface area contributed by atoms with Crippen LogP contribution in [0.5, 0.6) is 0 Å². The highest BCUT2D eigenvalue weighted by Gasteiger charge is 2.10. The molecule has 0 saturated heterocycles. The number of aryl methyl sites for hydroxylation is 2. The molecule has 3 amide bonds. The summed E-state index contributed by atoms with van der Waals surface area (Å²) in [5, 5.41) is 7.54. The van der Waals surface area contributed by atoms with Crippen LogP contribution in [0.4, 0.5) is 20.6 Å². The Labute approximate surface area is 133 Å². The molecule has 0 aliphatic heterocycles. The number of hydrogen-bond donors (Lipinski definition) is 3. The summed E-state index contributed by atoms with van der Waals surface area (Å²) in [4.78, 5) is 23.6. The lowest BCUT2D eigenvalue weighted by Gasteiger charge is -2.12. The third-order valence-corrected chi connectivity index (χ3v) is 3.28. The smallest absolute Gasteiger partial charge is 0.319 e. The SMILES string of the molecule is Cc1cccc(C)c1NC(=O)NCC(=O)Nc1ccccc1F. The van der Waals surface area contributed by atoms with Crippen LogP contribution in [0.2, 0.25) is 0 Å². The van der Waals surface area contributed by atoms with E-state index in [2.05, 4.69) is 16.0 Å². The van der Waals surface area contributed by atoms with Gasteiger partial charge in [0.05, 0.1) is 12.2 Å². The van der Waals surface area contributed by atoms with Crippen LogP contribution in [-0.2, 0) is 4.79 Å². The van der Waals surface area contributed by atoms with Crippen LogP contribution in [-0.4, -0.2) is 18.5 Å². The number of carbonyl (C=O) groups excluding carboxylic acids is 2. The van der Waals surface area contributed by atoms with Gasteiger partial charge in [0.15, 0.2) is 0 Å². The zero-order valence-corrected chi connectivity index (χ0v) is 12.9. The second kappa shape index (κ2) is 7.40. The molecule has 6 heteroatoms. The van der Waals surface area contributed by atoms with Crippen molar-refractivity contribution in [3.05, 3.63) is 59.4 Å². The van der Waals surface area contributed by atoms with E-state index in [-0.39, 0.29) is 12.2 Å². The summed E-state index contributed by atoms with van der Waals surface area (Å²) in [5.74, 6) is -1.03. The number of benzene rings is 2. The summed E-state index contributed by atoms with van der Waals surface area (Å²) >= 11 is 0. The number of halogens is 1. The van der Waals surface area contributed by atoms with Gasteiger partial charge in [0, 0.05) is 5.69 Å². The van der Waals surface area contributed by atoms with Crippen molar-refractivity contribution in [3.8, 4) is 0 Å². The number of carbonyl (C=O) groups is 2. The van der Waals surface area contributed by atoms with Crippen molar-refractivity contribution in [2.45, 2.75) is 13.8 Å². The first-order chi connectivity index (χ1) is 11.0. The Kier molecular flexibility index (Phi) is 5.30. The first-order valence-corrected chi connectivity index (χ1v) is 7.13. The van der Waals surface area contributed by atoms with Gasteiger partial charge in [-0.1, -0.05) is 30.3 Å². The molecule has 0 radical (unpaired) electrons. The minimum Gasteiger partial charge on any atom is -0.329 e. The molecule has 0 spiro atoms. The van der Waals surface area contributed by atoms with E-state index in [1.807, 2.05) is 32.0 Å². The van der Waals surface area contributed by atoms with E-state index in [0.29, 0.717) is 5.69 Å².